The molecule has 0 bridgehead atoms. The molecule has 15 heteroatoms. The van der Waals surface area contributed by atoms with Gasteiger partial charge in [0.05, 0.1) is 52.9 Å². The van der Waals surface area contributed by atoms with Crippen molar-refractivity contribution < 1.29 is 75.7 Å². The maximum atomic E-state index is 11.3. The molecule has 0 aromatic rings. The number of aliphatic hydroxyl groups is 9. The summed E-state index contributed by atoms with van der Waals surface area (Å²) in [5, 5.41) is 123. The fourth-order valence-corrected chi connectivity index (χ4v) is 18.8. The molecule has 0 spiro atoms. The molecular formula is C84H156O15. The molecule has 15 nitrogen and oxygen atoms in total. The predicted octanol–water partition coefficient (Wildman–Crippen LogP) is 17.4. The molecule has 0 amide bonds. The highest BCUT2D eigenvalue weighted by Crippen LogP contribution is 2.45. The van der Waals surface area contributed by atoms with Crippen molar-refractivity contribution in [3.05, 3.63) is 0 Å². The number of rotatable bonds is 39. The van der Waals surface area contributed by atoms with Crippen LogP contribution in [0, 0.1) is 104 Å². The molecule has 0 saturated heterocycles. The highest BCUT2D eigenvalue weighted by atomic mass is 16.4. The van der Waals surface area contributed by atoms with E-state index in [1.165, 1.54) is 19.3 Å². The van der Waals surface area contributed by atoms with Gasteiger partial charge in [-0.3, -0.25) is 14.4 Å². The van der Waals surface area contributed by atoms with Crippen molar-refractivity contribution in [2.75, 3.05) is 19.8 Å². The van der Waals surface area contributed by atoms with Crippen molar-refractivity contribution in [3.8, 4) is 0 Å². The Morgan fingerprint density at radius 2 is 0.374 bits per heavy atom. The Morgan fingerprint density at radius 3 is 0.505 bits per heavy atom. The van der Waals surface area contributed by atoms with Crippen LogP contribution in [0.15, 0.2) is 0 Å². The molecular weight excluding hydrogens is 1250 g/mol. The van der Waals surface area contributed by atoms with Gasteiger partial charge in [-0.2, -0.15) is 0 Å². The van der Waals surface area contributed by atoms with E-state index in [0.29, 0.717) is 60.7 Å². The van der Waals surface area contributed by atoms with Gasteiger partial charge in [-0.1, -0.05) is 119 Å². The SMILES string of the molecule is CC(C)(CCCC1CCCC(CCC2CCCC(CCCC(C)(C)C(=O)O)C2O)C1O)C(=O)O.CC(C)(CO)CCCC1CCCC(CCC2CCCC(CCCC(C)(C)C(=O)O)C2O)C1O.CC(C)(CO)CCCC1CCCC(CCC2CCCC(CCCC(C)(C)CO)C2O)C1O. The molecule has 99 heavy (non-hydrogen) atoms. The standard InChI is InChI=1S/C28H50O6.C28H52O5.C28H54O4/c1-27(2,25(31)32)17-7-13-19-9-5-11-21(23(19)29)15-16-22-12-6-10-20(24(22)30)14-8-18-28(3,4)26(33)34;1-27(2,19-29)17-7-13-20-9-5-11-22(24(20)30)15-16-23-12-6-10-21(25(23)31)14-8-18-28(3,4)26(32)33;1-27(2,19-29)17-7-13-21-9-5-11-23(25(21)31)15-16-24-12-6-10-22(26(24)32)14-8-18-28(3,4)20-30/h19-24,29-30H,5-18H2,1-4H3,(H,31,32)(H,33,34);20-25,29-31H,5-19H2,1-4H3,(H,32,33);21-26,29-32H,5-20H2,1-4H3. The minimum Gasteiger partial charge on any atom is -0.481 e. The molecule has 6 aliphatic rings. The van der Waals surface area contributed by atoms with E-state index in [4.69, 9.17) is 0 Å². The van der Waals surface area contributed by atoms with Gasteiger partial charge < -0.3 is 61.3 Å². The molecule has 0 heterocycles. The summed E-state index contributed by atoms with van der Waals surface area (Å²) in [7, 11) is 0. The van der Waals surface area contributed by atoms with E-state index in [1.54, 1.807) is 41.5 Å². The Labute approximate surface area is 603 Å². The number of aliphatic carboxylic acids is 3. The van der Waals surface area contributed by atoms with Crippen LogP contribution in [0.4, 0.5) is 0 Å². The van der Waals surface area contributed by atoms with Crippen LogP contribution in [0.3, 0.4) is 0 Å². The van der Waals surface area contributed by atoms with E-state index < -0.39 is 34.2 Å². The van der Waals surface area contributed by atoms with Crippen LogP contribution < -0.4 is 0 Å². The van der Waals surface area contributed by atoms with Gasteiger partial charge in [0.1, 0.15) is 0 Å². The van der Waals surface area contributed by atoms with Crippen LogP contribution in [0.5, 0.6) is 0 Å². The first kappa shape index (κ1) is 89.4. The largest absolute Gasteiger partial charge is 0.481 e. The molecule has 582 valence electrons. The van der Waals surface area contributed by atoms with E-state index in [0.717, 1.165) is 231 Å². The number of carbonyl (C=O) groups is 3. The summed E-state index contributed by atoms with van der Waals surface area (Å²) >= 11 is 0. The second-order valence-electron chi connectivity index (χ2n) is 38.3. The van der Waals surface area contributed by atoms with E-state index in [9.17, 15) is 75.7 Å². The fourth-order valence-electron chi connectivity index (χ4n) is 18.8. The lowest BCUT2D eigenvalue weighted by Gasteiger charge is -2.39. The van der Waals surface area contributed by atoms with Gasteiger partial charge in [-0.05, 0) is 321 Å². The second-order valence-corrected chi connectivity index (χ2v) is 38.3. The normalized spacial score (nSPS) is 31.5. The van der Waals surface area contributed by atoms with E-state index in [1.807, 2.05) is 0 Å². The predicted molar refractivity (Wildman–Crippen MR) is 399 cm³/mol. The fraction of sp³-hybridized carbons (Fsp3) is 0.964. The van der Waals surface area contributed by atoms with Crippen molar-refractivity contribution in [1.29, 1.82) is 0 Å². The monoisotopic (exact) mass is 1410 g/mol. The van der Waals surface area contributed by atoms with Crippen molar-refractivity contribution in [2.45, 2.75) is 389 Å². The number of carboxylic acid groups (broad SMARTS) is 3. The Hall–Kier alpha value is -1.95. The summed E-state index contributed by atoms with van der Waals surface area (Å²) in [6, 6.07) is 0. The quantitative estimate of drug-likeness (QED) is 0.0272. The van der Waals surface area contributed by atoms with Crippen LogP contribution in [0.2, 0.25) is 0 Å². The van der Waals surface area contributed by atoms with Gasteiger partial charge >= 0.3 is 17.9 Å². The Morgan fingerprint density at radius 1 is 0.242 bits per heavy atom. The molecule has 6 fully saturated rings. The number of carboxylic acids is 3. The molecule has 0 aliphatic heterocycles. The van der Waals surface area contributed by atoms with Crippen molar-refractivity contribution >= 4 is 17.9 Å². The molecule has 0 radical (unpaired) electrons. The lowest BCUT2D eigenvalue weighted by atomic mass is 9.70. The van der Waals surface area contributed by atoms with E-state index >= 15 is 0 Å². The molecule has 6 saturated carbocycles. The number of hydrogen-bond acceptors (Lipinski definition) is 12. The third-order valence-corrected chi connectivity index (χ3v) is 26.9. The summed E-state index contributed by atoms with van der Waals surface area (Å²) in [6.07, 6.45) is 40.9. The summed E-state index contributed by atoms with van der Waals surface area (Å²) < 4.78 is 0. The molecule has 6 rings (SSSR count). The summed E-state index contributed by atoms with van der Waals surface area (Å²) in [5.74, 6) is 1.69. The average Bonchev–Trinajstić information content (AvgIpc) is 0.874. The van der Waals surface area contributed by atoms with Crippen LogP contribution in [0.1, 0.15) is 353 Å². The molecule has 18 unspecified atom stereocenters. The minimum atomic E-state index is -0.760. The van der Waals surface area contributed by atoms with Gasteiger partial charge in [0.2, 0.25) is 0 Å². The Kier molecular flexibility index (Phi) is 38.9. The third kappa shape index (κ3) is 30.8. The zero-order valence-electron chi connectivity index (χ0n) is 65.3. The summed E-state index contributed by atoms with van der Waals surface area (Å²) in [4.78, 5) is 34.0. The Balaban J connectivity index is 0.000000315. The zero-order chi connectivity index (χ0) is 73.9. The first-order valence-corrected chi connectivity index (χ1v) is 41.0. The van der Waals surface area contributed by atoms with Gasteiger partial charge in [-0.25, -0.2) is 0 Å². The zero-order valence-corrected chi connectivity index (χ0v) is 65.3. The van der Waals surface area contributed by atoms with Gasteiger partial charge in [0.15, 0.2) is 0 Å². The lowest BCUT2D eigenvalue weighted by Crippen LogP contribution is -2.37. The van der Waals surface area contributed by atoms with Gasteiger partial charge in [-0.15, -0.1) is 0 Å². The van der Waals surface area contributed by atoms with Crippen molar-refractivity contribution in [1.82, 2.24) is 0 Å². The third-order valence-electron chi connectivity index (χ3n) is 26.9. The highest BCUT2D eigenvalue weighted by molar-refractivity contribution is 5.74. The maximum absolute atomic E-state index is 11.3. The van der Waals surface area contributed by atoms with Gasteiger partial charge in [0, 0.05) is 19.8 Å². The van der Waals surface area contributed by atoms with Crippen LogP contribution in [0.25, 0.3) is 0 Å². The number of hydrogen-bond donors (Lipinski definition) is 12. The van der Waals surface area contributed by atoms with Crippen LogP contribution in [-0.2, 0) is 14.4 Å². The molecule has 18 atom stereocenters. The maximum Gasteiger partial charge on any atom is 0.309 e. The highest BCUT2D eigenvalue weighted by Gasteiger charge is 2.41. The summed E-state index contributed by atoms with van der Waals surface area (Å²) in [5.41, 5.74) is -2.18. The lowest BCUT2D eigenvalue weighted by molar-refractivity contribution is -0.148. The molecule has 12 N–H and O–H groups in total. The van der Waals surface area contributed by atoms with Crippen molar-refractivity contribution in [3.63, 3.8) is 0 Å². The molecule has 0 aromatic carbocycles. The van der Waals surface area contributed by atoms with Crippen LogP contribution >= 0.6 is 0 Å². The molecule has 0 aromatic heterocycles. The molecule has 6 aliphatic carbocycles. The second kappa shape index (κ2) is 43.0. The first-order chi connectivity index (χ1) is 46.4. The topological polar surface area (TPSA) is 294 Å². The number of aliphatic hydroxyl groups excluding tert-OH is 9. The van der Waals surface area contributed by atoms with Gasteiger partial charge in [0.25, 0.3) is 0 Å². The van der Waals surface area contributed by atoms with Crippen molar-refractivity contribution in [2.24, 2.45) is 104 Å². The van der Waals surface area contributed by atoms with E-state index in [2.05, 4.69) is 41.5 Å². The van der Waals surface area contributed by atoms with E-state index in [-0.39, 0.29) is 102 Å². The van der Waals surface area contributed by atoms with Crippen LogP contribution in [-0.4, -0.2) is 136 Å². The average molecular weight is 1410 g/mol. The first-order valence-electron chi connectivity index (χ1n) is 41.0. The smallest absolute Gasteiger partial charge is 0.309 e. The summed E-state index contributed by atoms with van der Waals surface area (Å²) in [6.45, 7) is 24.0. The Bertz CT molecular complexity index is 2140. The minimum absolute atomic E-state index is 0.0134.